The van der Waals surface area contributed by atoms with E-state index in [1.54, 1.807) is 11.3 Å². The van der Waals surface area contributed by atoms with Crippen LogP contribution in [-0.4, -0.2) is 4.98 Å². The number of nitrogens with zero attached hydrogens (tertiary/aromatic N) is 1. The molecule has 1 aromatic heterocycles. The second kappa shape index (κ2) is 6.10. The van der Waals surface area contributed by atoms with Gasteiger partial charge >= 0.3 is 0 Å². The van der Waals surface area contributed by atoms with Crippen molar-refractivity contribution in [3.05, 3.63) is 70.7 Å². The molecule has 3 rings (SSSR count). The molecule has 0 saturated carbocycles. The second-order valence-corrected chi connectivity index (χ2v) is 6.16. The van der Waals surface area contributed by atoms with E-state index in [0.29, 0.717) is 0 Å². The summed E-state index contributed by atoms with van der Waals surface area (Å²) in [5, 5.41) is 6.54. The van der Waals surface area contributed by atoms with Crippen LogP contribution in [0.25, 0.3) is 10.6 Å². The van der Waals surface area contributed by atoms with E-state index >= 15 is 0 Å². The van der Waals surface area contributed by atoms with Crippen molar-refractivity contribution >= 4 is 17.0 Å². The van der Waals surface area contributed by atoms with Crippen molar-refractivity contribution in [2.24, 2.45) is 0 Å². The topological polar surface area (TPSA) is 24.9 Å². The standard InChI is InChI=1S/C18H18N2S/c1-13-9-14(2)11-15(10-13)12-20-17-5-3-16(4-6-17)18-19-7-8-21-18/h3-11,20H,12H2,1-2H3. The molecule has 1 N–H and O–H groups in total. The van der Waals surface area contributed by atoms with Gasteiger partial charge in [0.25, 0.3) is 0 Å². The fourth-order valence-electron chi connectivity index (χ4n) is 2.47. The predicted molar refractivity (Wildman–Crippen MR) is 90.8 cm³/mol. The van der Waals surface area contributed by atoms with Gasteiger partial charge < -0.3 is 5.32 Å². The van der Waals surface area contributed by atoms with E-state index in [1.165, 1.54) is 22.3 Å². The summed E-state index contributed by atoms with van der Waals surface area (Å²) in [6.45, 7) is 5.12. The first-order chi connectivity index (χ1) is 10.2. The van der Waals surface area contributed by atoms with Crippen molar-refractivity contribution in [3.63, 3.8) is 0 Å². The summed E-state index contributed by atoms with van der Waals surface area (Å²) in [5.74, 6) is 0. The van der Waals surface area contributed by atoms with Crippen LogP contribution in [0.15, 0.2) is 54.0 Å². The zero-order chi connectivity index (χ0) is 14.7. The minimum atomic E-state index is 0.846. The Labute approximate surface area is 129 Å². The molecule has 106 valence electrons. The summed E-state index contributed by atoms with van der Waals surface area (Å²) in [6, 6.07) is 15.1. The number of hydrogen-bond donors (Lipinski definition) is 1. The van der Waals surface area contributed by atoms with Gasteiger partial charge in [-0.3, -0.25) is 0 Å². The minimum absolute atomic E-state index is 0.846. The molecule has 0 aliphatic carbocycles. The third-order valence-corrected chi connectivity index (χ3v) is 4.16. The van der Waals surface area contributed by atoms with Crippen LogP contribution in [0, 0.1) is 13.8 Å². The average Bonchev–Trinajstić information content (AvgIpc) is 2.99. The molecule has 21 heavy (non-hydrogen) atoms. The third kappa shape index (κ3) is 3.50. The van der Waals surface area contributed by atoms with Crippen molar-refractivity contribution in [2.45, 2.75) is 20.4 Å². The Bertz CT molecular complexity index is 695. The van der Waals surface area contributed by atoms with E-state index in [1.807, 2.05) is 11.6 Å². The van der Waals surface area contributed by atoms with Gasteiger partial charge in [-0.05, 0) is 43.7 Å². The van der Waals surface area contributed by atoms with Crippen LogP contribution in [0.3, 0.4) is 0 Å². The number of aromatic nitrogens is 1. The molecule has 0 unspecified atom stereocenters. The molecule has 0 bridgehead atoms. The van der Waals surface area contributed by atoms with Crippen LogP contribution in [0.2, 0.25) is 0 Å². The molecule has 0 aliphatic rings. The van der Waals surface area contributed by atoms with E-state index in [0.717, 1.165) is 17.2 Å². The van der Waals surface area contributed by atoms with Gasteiger partial charge in [0, 0.05) is 29.4 Å². The zero-order valence-electron chi connectivity index (χ0n) is 12.3. The Hall–Kier alpha value is -2.13. The lowest BCUT2D eigenvalue weighted by molar-refractivity contribution is 1.13. The number of hydrogen-bond acceptors (Lipinski definition) is 3. The fraction of sp³-hybridized carbons (Fsp3) is 0.167. The van der Waals surface area contributed by atoms with Crippen LogP contribution < -0.4 is 5.32 Å². The van der Waals surface area contributed by atoms with Gasteiger partial charge in [-0.1, -0.05) is 29.3 Å². The van der Waals surface area contributed by atoms with Gasteiger partial charge in [-0.25, -0.2) is 4.98 Å². The largest absolute Gasteiger partial charge is 0.381 e. The normalized spacial score (nSPS) is 10.6. The quantitative estimate of drug-likeness (QED) is 0.729. The Morgan fingerprint density at radius 1 is 1.00 bits per heavy atom. The number of rotatable bonds is 4. The highest BCUT2D eigenvalue weighted by Gasteiger charge is 2.01. The van der Waals surface area contributed by atoms with Crippen molar-refractivity contribution in [1.82, 2.24) is 4.98 Å². The maximum absolute atomic E-state index is 4.33. The molecule has 1 heterocycles. The molecule has 0 aliphatic heterocycles. The van der Waals surface area contributed by atoms with Crippen molar-refractivity contribution in [2.75, 3.05) is 5.32 Å². The van der Waals surface area contributed by atoms with Crippen LogP contribution in [0.4, 0.5) is 5.69 Å². The summed E-state index contributed by atoms with van der Waals surface area (Å²) in [4.78, 5) is 4.33. The molecule has 0 spiro atoms. The molecule has 3 heteroatoms. The lowest BCUT2D eigenvalue weighted by Gasteiger charge is -2.09. The maximum atomic E-state index is 4.33. The third-order valence-electron chi connectivity index (χ3n) is 3.34. The molecule has 0 saturated heterocycles. The predicted octanol–water partition coefficient (Wildman–Crippen LogP) is 5.04. The molecule has 0 atom stereocenters. The highest BCUT2D eigenvalue weighted by Crippen LogP contribution is 2.23. The Morgan fingerprint density at radius 3 is 2.33 bits per heavy atom. The minimum Gasteiger partial charge on any atom is -0.381 e. The first kappa shape index (κ1) is 13.8. The summed E-state index contributed by atoms with van der Waals surface area (Å²) in [7, 11) is 0. The number of thiazole rings is 1. The van der Waals surface area contributed by atoms with E-state index in [4.69, 9.17) is 0 Å². The van der Waals surface area contributed by atoms with Crippen LogP contribution >= 0.6 is 11.3 Å². The highest BCUT2D eigenvalue weighted by molar-refractivity contribution is 7.13. The molecular weight excluding hydrogens is 276 g/mol. The average molecular weight is 294 g/mol. The van der Waals surface area contributed by atoms with Crippen LogP contribution in [-0.2, 0) is 6.54 Å². The highest BCUT2D eigenvalue weighted by atomic mass is 32.1. The van der Waals surface area contributed by atoms with Crippen LogP contribution in [0.1, 0.15) is 16.7 Å². The van der Waals surface area contributed by atoms with Gasteiger partial charge in [0.2, 0.25) is 0 Å². The Kier molecular flexibility index (Phi) is 4.02. The smallest absolute Gasteiger partial charge is 0.123 e. The summed E-state index contributed by atoms with van der Waals surface area (Å²) in [5.41, 5.74) is 6.24. The molecular formula is C18H18N2S. The van der Waals surface area contributed by atoms with Crippen molar-refractivity contribution < 1.29 is 0 Å². The summed E-state index contributed by atoms with van der Waals surface area (Å²) < 4.78 is 0. The molecule has 0 radical (unpaired) electrons. The Balaban J connectivity index is 1.68. The summed E-state index contributed by atoms with van der Waals surface area (Å²) in [6.07, 6.45) is 1.84. The zero-order valence-corrected chi connectivity index (χ0v) is 13.1. The second-order valence-electron chi connectivity index (χ2n) is 5.26. The summed E-state index contributed by atoms with van der Waals surface area (Å²) >= 11 is 1.66. The fourth-order valence-corrected chi connectivity index (χ4v) is 3.12. The first-order valence-electron chi connectivity index (χ1n) is 7.02. The van der Waals surface area contributed by atoms with Gasteiger partial charge in [0.05, 0.1) is 0 Å². The monoisotopic (exact) mass is 294 g/mol. The van der Waals surface area contributed by atoms with E-state index in [-0.39, 0.29) is 0 Å². The van der Waals surface area contributed by atoms with Crippen molar-refractivity contribution in [3.8, 4) is 10.6 Å². The lowest BCUT2D eigenvalue weighted by Crippen LogP contribution is -2.00. The Morgan fingerprint density at radius 2 is 1.71 bits per heavy atom. The van der Waals surface area contributed by atoms with Crippen molar-refractivity contribution in [1.29, 1.82) is 0 Å². The molecule has 2 nitrogen and oxygen atoms in total. The van der Waals surface area contributed by atoms with E-state index in [9.17, 15) is 0 Å². The van der Waals surface area contributed by atoms with Gasteiger partial charge in [0.1, 0.15) is 5.01 Å². The molecule has 0 amide bonds. The number of anilines is 1. The number of nitrogens with one attached hydrogen (secondary N) is 1. The SMILES string of the molecule is Cc1cc(C)cc(CNc2ccc(-c3nccs3)cc2)c1. The van der Waals surface area contributed by atoms with Gasteiger partial charge in [0.15, 0.2) is 0 Å². The first-order valence-corrected chi connectivity index (χ1v) is 7.90. The molecule has 2 aromatic carbocycles. The number of aryl methyl sites for hydroxylation is 2. The maximum Gasteiger partial charge on any atom is 0.123 e. The van der Waals surface area contributed by atoms with Gasteiger partial charge in [-0.15, -0.1) is 11.3 Å². The van der Waals surface area contributed by atoms with Gasteiger partial charge in [-0.2, -0.15) is 0 Å². The van der Waals surface area contributed by atoms with E-state index < -0.39 is 0 Å². The van der Waals surface area contributed by atoms with Crippen LogP contribution in [0.5, 0.6) is 0 Å². The molecule has 3 aromatic rings. The molecule has 0 fully saturated rings. The lowest BCUT2D eigenvalue weighted by atomic mass is 10.1. The van der Waals surface area contributed by atoms with E-state index in [2.05, 4.69) is 66.6 Å². The number of benzene rings is 2.